The van der Waals surface area contributed by atoms with Crippen LogP contribution in [-0.2, 0) is 43.8 Å². The molecule has 7 heteroatoms. The minimum atomic E-state index is 0.558. The van der Waals surface area contributed by atoms with Gasteiger partial charge in [0.1, 0.15) is 0 Å². The van der Waals surface area contributed by atoms with Gasteiger partial charge < -0.3 is 0 Å². The van der Waals surface area contributed by atoms with E-state index in [2.05, 4.69) is 73.4 Å². The first-order valence-electron chi connectivity index (χ1n) is 5.09. The molecule has 0 aromatic heterocycles. The Morgan fingerprint density at radius 1 is 0.818 bits per heavy atom. The molecule has 112 valence electrons. The van der Waals surface area contributed by atoms with Gasteiger partial charge in [-0.05, 0) is 0 Å². The Morgan fingerprint density at radius 3 is 1.55 bits per heavy atom. The van der Waals surface area contributed by atoms with Crippen LogP contribution in [0.4, 0.5) is 0 Å². The van der Waals surface area contributed by atoms with Gasteiger partial charge in [0.05, 0.1) is 0 Å². The van der Waals surface area contributed by atoms with E-state index >= 15 is 0 Å². The van der Waals surface area contributed by atoms with E-state index in [1.807, 2.05) is 6.07 Å². The topological polar surface area (TPSA) is 109 Å². The number of hydrogen-bond acceptors (Lipinski definition) is 1. The van der Waals surface area contributed by atoms with Crippen molar-refractivity contribution in [3.63, 3.8) is 0 Å². The second kappa shape index (κ2) is 27.6. The predicted octanol–water partition coefficient (Wildman–Crippen LogP) is 1.68. The zero-order chi connectivity index (χ0) is 18.4. The number of ether oxygens (including phenoxy) is 1. The second-order valence-electron chi connectivity index (χ2n) is 2.99. The summed E-state index contributed by atoms with van der Waals surface area (Å²) in [4.78, 5) is 0. The molecule has 1 unspecified atom stereocenters. The van der Waals surface area contributed by atoms with Crippen LogP contribution in [0.1, 0.15) is 17.9 Å². The van der Waals surface area contributed by atoms with Crippen molar-refractivity contribution in [2.45, 2.75) is 12.3 Å². The molecule has 1 heterocycles. The summed E-state index contributed by atoms with van der Waals surface area (Å²) in [5.74, 6) is 0.558. The van der Waals surface area contributed by atoms with Crippen molar-refractivity contribution in [3.8, 4) is 0 Å². The van der Waals surface area contributed by atoms with Crippen molar-refractivity contribution < 1.29 is 43.8 Å². The predicted molar refractivity (Wildman–Crippen MR) is 64.4 cm³/mol. The van der Waals surface area contributed by atoms with Gasteiger partial charge in [-0.1, -0.05) is 0 Å². The molecule has 1 saturated heterocycles. The van der Waals surface area contributed by atoms with E-state index in [-0.39, 0.29) is 0 Å². The van der Waals surface area contributed by atoms with Gasteiger partial charge in [-0.2, -0.15) is 0 Å². The molecule has 0 spiro atoms. The van der Waals surface area contributed by atoms with Gasteiger partial charge in [0.2, 0.25) is 0 Å². The van der Waals surface area contributed by atoms with Gasteiger partial charge >= 0.3 is 137 Å². The van der Waals surface area contributed by atoms with E-state index in [0.717, 1.165) is 17.6 Å². The number of rotatable bonds is 1. The van der Waals surface area contributed by atoms with Gasteiger partial charge in [0, 0.05) is 0 Å². The molecule has 22 heavy (non-hydrogen) atoms. The zero-order valence-corrected chi connectivity index (χ0v) is 12.5. The first kappa shape index (κ1) is 28.4. The van der Waals surface area contributed by atoms with Gasteiger partial charge in [-0.15, -0.1) is 0 Å². The molecule has 0 amide bonds. The first-order valence-corrected chi connectivity index (χ1v) is 5.72. The van der Waals surface area contributed by atoms with Crippen molar-refractivity contribution in [2.75, 3.05) is 6.61 Å². The first-order chi connectivity index (χ1) is 10.9. The third kappa shape index (κ3) is 14.7. The maximum atomic E-state index is 7.50. The van der Waals surface area contributed by atoms with Gasteiger partial charge in [-0.25, -0.2) is 0 Å². The molecule has 0 bridgehead atoms. The molecule has 1 aromatic carbocycles. The van der Waals surface area contributed by atoms with Crippen LogP contribution in [0.2, 0.25) is 0 Å². The van der Waals surface area contributed by atoms with Crippen LogP contribution < -0.4 is 0 Å². The molecular formula is C15H10CrO6. The van der Waals surface area contributed by atoms with E-state index < -0.39 is 0 Å². The molecule has 1 aliphatic heterocycles. The van der Waals surface area contributed by atoms with Crippen LogP contribution in [0, 0.1) is 33.3 Å². The summed E-state index contributed by atoms with van der Waals surface area (Å²) in [5, 5.41) is 0. The van der Waals surface area contributed by atoms with Gasteiger partial charge in [-0.3, -0.25) is 0 Å². The van der Waals surface area contributed by atoms with E-state index in [9.17, 15) is 0 Å². The van der Waals surface area contributed by atoms with Crippen molar-refractivity contribution >= 4 is 4.57 Å². The van der Waals surface area contributed by atoms with E-state index in [1.54, 1.807) is 0 Å². The Balaban J connectivity index is -0.000000139. The van der Waals surface area contributed by atoms with Gasteiger partial charge in [0.25, 0.3) is 0 Å². The fourth-order valence-electron chi connectivity index (χ4n) is 1.45. The van der Waals surface area contributed by atoms with Crippen molar-refractivity contribution in [1.82, 2.24) is 0 Å². The maximum absolute atomic E-state index is 7.50. The fourth-order valence-corrected chi connectivity index (χ4v) is 1.87. The molecular weight excluding hydrogens is 328 g/mol. The molecule has 2 rings (SSSR count). The normalized spacial score (nSPS) is 13.0. The monoisotopic (exact) mass is 338 g/mol. The van der Waals surface area contributed by atoms with Crippen LogP contribution in [0.5, 0.6) is 0 Å². The number of benzene rings is 1. The summed E-state index contributed by atoms with van der Waals surface area (Å²) < 4.78 is 43.9. The Kier molecular flexibility index (Phi) is 35.7. The van der Waals surface area contributed by atoms with Crippen LogP contribution in [0.25, 0.3) is 0 Å². The molecule has 0 N–H and O–H groups in total. The van der Waals surface area contributed by atoms with E-state index in [0.29, 0.717) is 5.92 Å². The van der Waals surface area contributed by atoms with Crippen LogP contribution in [0.15, 0.2) is 30.3 Å². The second-order valence-corrected chi connectivity index (χ2v) is 3.71. The Hall–Kier alpha value is -1.72. The summed E-state index contributed by atoms with van der Waals surface area (Å²) in [6.07, 6.45) is 1.03. The molecule has 0 aliphatic carbocycles. The van der Waals surface area contributed by atoms with Crippen molar-refractivity contribution in [2.24, 2.45) is 0 Å². The van der Waals surface area contributed by atoms with Crippen LogP contribution in [0.3, 0.4) is 0 Å². The zero-order valence-electron chi connectivity index (χ0n) is 11.2. The van der Waals surface area contributed by atoms with Crippen LogP contribution >= 0.6 is 0 Å². The van der Waals surface area contributed by atoms with Crippen molar-refractivity contribution in [3.05, 3.63) is 69.1 Å². The minimum absolute atomic E-state index is 0.558. The third-order valence-corrected chi connectivity index (χ3v) is 2.57. The Bertz CT molecular complexity index is 437. The average molecular weight is 338 g/mol. The summed E-state index contributed by atoms with van der Waals surface area (Å²) in [7, 11) is 0. The summed E-state index contributed by atoms with van der Waals surface area (Å²) in [6.45, 7) is 23.3. The summed E-state index contributed by atoms with van der Waals surface area (Å²) >= 11 is 2.93. The summed E-state index contributed by atoms with van der Waals surface area (Å²) in [5.41, 5.74) is 1.38. The SMILES string of the molecule is [C-]#[O+].[C-]#[O+].[C-]#[O+].[C-]#[O+].[C-]#[O+].[Cr]=[C]1CC(c2ccccc2)CO1. The molecule has 1 aromatic rings. The quantitative estimate of drug-likeness (QED) is 0.563. The summed E-state index contributed by atoms with van der Waals surface area (Å²) in [6, 6.07) is 10.5. The average Bonchev–Trinajstić information content (AvgIpc) is 3.11. The molecule has 1 atom stereocenters. The molecule has 1 aliphatic rings. The van der Waals surface area contributed by atoms with E-state index in [4.69, 9.17) is 28.0 Å². The number of hydrogen-bond donors (Lipinski definition) is 0. The van der Waals surface area contributed by atoms with Crippen LogP contribution in [-0.4, -0.2) is 11.2 Å². The Morgan fingerprint density at radius 2 is 1.23 bits per heavy atom. The Labute approximate surface area is 137 Å². The van der Waals surface area contributed by atoms with E-state index in [1.165, 1.54) is 5.56 Å². The third-order valence-electron chi connectivity index (χ3n) is 2.13. The van der Waals surface area contributed by atoms with Crippen molar-refractivity contribution in [1.29, 1.82) is 0 Å². The molecule has 6 nitrogen and oxygen atoms in total. The molecule has 0 saturated carbocycles. The standard InChI is InChI=1S/C10H10O.5CO.Cr/c1-2-4-9(5-3-1)10-6-7-11-8-10;5*1-2;/h1-5,10H,6,8H2;;;;;;. The molecule has 0 radical (unpaired) electrons. The molecule has 1 fully saturated rings. The van der Waals surface area contributed by atoms with Gasteiger partial charge in [0.15, 0.2) is 0 Å². The fraction of sp³-hybridized carbons (Fsp3) is 0.200.